The zero-order chi connectivity index (χ0) is 15.5. The number of hydrogen-bond donors (Lipinski definition) is 1. The van der Waals surface area contributed by atoms with Crippen molar-refractivity contribution in [2.24, 2.45) is 4.99 Å². The second-order valence-electron chi connectivity index (χ2n) is 4.01. The van der Waals surface area contributed by atoms with E-state index in [0.29, 0.717) is 5.56 Å². The smallest absolute Gasteiger partial charge is 0.507 e. The van der Waals surface area contributed by atoms with Gasteiger partial charge in [0.1, 0.15) is 11.5 Å². The van der Waals surface area contributed by atoms with Gasteiger partial charge in [-0.2, -0.15) is 0 Å². The van der Waals surface area contributed by atoms with Crippen LogP contribution in [0.5, 0.6) is 11.5 Å². The minimum Gasteiger partial charge on any atom is -0.507 e. The second-order valence-corrected chi connectivity index (χ2v) is 4.92. The molecule has 0 atom stereocenters. The lowest BCUT2D eigenvalue weighted by molar-refractivity contribution is -0.274. The average molecular weight is 360 g/mol. The maximum absolute atomic E-state index is 12.1. The standard InChI is InChI=1S/C14H9BrF3NO2/c15-10-4-5-13(20)9(6-10)8-19-11-2-1-3-12(7-11)21-14(16,17)18/h1-8,20H. The molecule has 3 nitrogen and oxygen atoms in total. The SMILES string of the molecule is Oc1ccc(Br)cc1C=Nc1cccc(OC(F)(F)F)c1. The Morgan fingerprint density at radius 3 is 2.62 bits per heavy atom. The Hall–Kier alpha value is -2.02. The third-order valence-electron chi connectivity index (χ3n) is 2.39. The Morgan fingerprint density at radius 1 is 1.14 bits per heavy atom. The molecule has 1 N–H and O–H groups in total. The van der Waals surface area contributed by atoms with Crippen molar-refractivity contribution in [3.05, 3.63) is 52.5 Å². The molecule has 110 valence electrons. The molecule has 0 saturated carbocycles. The van der Waals surface area contributed by atoms with Crippen molar-refractivity contribution in [3.63, 3.8) is 0 Å². The minimum atomic E-state index is -4.75. The van der Waals surface area contributed by atoms with Crippen molar-refractivity contribution >= 4 is 27.8 Å². The van der Waals surface area contributed by atoms with E-state index in [2.05, 4.69) is 25.7 Å². The summed E-state index contributed by atoms with van der Waals surface area (Å²) in [6.45, 7) is 0. The van der Waals surface area contributed by atoms with E-state index < -0.39 is 6.36 Å². The lowest BCUT2D eigenvalue weighted by Crippen LogP contribution is -2.16. The van der Waals surface area contributed by atoms with Crippen molar-refractivity contribution in [3.8, 4) is 11.5 Å². The van der Waals surface area contributed by atoms with Crippen molar-refractivity contribution < 1.29 is 23.0 Å². The van der Waals surface area contributed by atoms with Gasteiger partial charge in [0.25, 0.3) is 0 Å². The van der Waals surface area contributed by atoms with Crippen LogP contribution in [0.2, 0.25) is 0 Å². The molecule has 2 rings (SSSR count). The summed E-state index contributed by atoms with van der Waals surface area (Å²) in [4.78, 5) is 4.02. The quantitative estimate of drug-likeness (QED) is 0.799. The van der Waals surface area contributed by atoms with E-state index in [1.165, 1.54) is 30.5 Å². The van der Waals surface area contributed by atoms with Crippen LogP contribution < -0.4 is 4.74 Å². The van der Waals surface area contributed by atoms with Gasteiger partial charge in [0, 0.05) is 22.3 Å². The van der Waals surface area contributed by atoms with Crippen molar-refractivity contribution in [2.45, 2.75) is 6.36 Å². The molecule has 2 aromatic carbocycles. The third kappa shape index (κ3) is 4.78. The maximum Gasteiger partial charge on any atom is 0.573 e. The van der Waals surface area contributed by atoms with Crippen LogP contribution in [0.25, 0.3) is 0 Å². The van der Waals surface area contributed by atoms with Gasteiger partial charge in [0.05, 0.1) is 5.69 Å². The summed E-state index contributed by atoms with van der Waals surface area (Å²) in [5.41, 5.74) is 0.711. The van der Waals surface area contributed by atoms with E-state index in [1.54, 1.807) is 12.1 Å². The van der Waals surface area contributed by atoms with Crippen molar-refractivity contribution in [2.75, 3.05) is 0 Å². The van der Waals surface area contributed by atoms with Crippen molar-refractivity contribution in [1.82, 2.24) is 0 Å². The highest BCUT2D eigenvalue weighted by Crippen LogP contribution is 2.27. The molecule has 21 heavy (non-hydrogen) atoms. The van der Waals surface area contributed by atoms with Gasteiger partial charge >= 0.3 is 6.36 Å². The van der Waals surface area contributed by atoms with E-state index in [9.17, 15) is 18.3 Å². The Balaban J connectivity index is 2.21. The third-order valence-corrected chi connectivity index (χ3v) is 2.89. The highest BCUT2D eigenvalue weighted by molar-refractivity contribution is 9.10. The predicted octanol–water partition coefficient (Wildman–Crippen LogP) is 4.80. The molecule has 0 radical (unpaired) electrons. The Bertz CT molecular complexity index is 672. The van der Waals surface area contributed by atoms with Crippen LogP contribution in [0.1, 0.15) is 5.56 Å². The number of halogens is 4. The predicted molar refractivity (Wildman–Crippen MR) is 76.2 cm³/mol. The highest BCUT2D eigenvalue weighted by Gasteiger charge is 2.31. The molecule has 0 fully saturated rings. The summed E-state index contributed by atoms with van der Waals surface area (Å²) in [5, 5.41) is 9.63. The number of hydrogen-bond acceptors (Lipinski definition) is 3. The monoisotopic (exact) mass is 359 g/mol. The van der Waals surface area contributed by atoms with Gasteiger partial charge in [-0.1, -0.05) is 22.0 Å². The number of ether oxygens (including phenoxy) is 1. The number of alkyl halides is 3. The van der Waals surface area contributed by atoms with Gasteiger partial charge < -0.3 is 9.84 Å². The van der Waals surface area contributed by atoms with Gasteiger partial charge in [-0.15, -0.1) is 13.2 Å². The Morgan fingerprint density at radius 2 is 1.90 bits per heavy atom. The van der Waals surface area contributed by atoms with Gasteiger partial charge in [0.15, 0.2) is 0 Å². The number of aliphatic imine (C=N–C) groups is 1. The van der Waals surface area contributed by atoms with Crippen LogP contribution in [-0.4, -0.2) is 17.7 Å². The minimum absolute atomic E-state index is 0.0182. The van der Waals surface area contributed by atoms with E-state index in [4.69, 9.17) is 0 Å². The first-order valence-electron chi connectivity index (χ1n) is 5.72. The molecule has 0 saturated heterocycles. The molecule has 0 heterocycles. The van der Waals surface area contributed by atoms with Crippen LogP contribution in [0.3, 0.4) is 0 Å². The fourth-order valence-electron chi connectivity index (χ4n) is 1.53. The molecule has 0 aliphatic heterocycles. The van der Waals surface area contributed by atoms with Gasteiger partial charge in [-0.05, 0) is 30.3 Å². The molecule has 0 bridgehead atoms. The van der Waals surface area contributed by atoms with E-state index >= 15 is 0 Å². The molecule has 7 heteroatoms. The first kappa shape index (κ1) is 15.4. The summed E-state index contributed by atoms with van der Waals surface area (Å²) in [6, 6.07) is 10.0. The molecule has 0 unspecified atom stereocenters. The summed E-state index contributed by atoms with van der Waals surface area (Å²) in [7, 11) is 0. The van der Waals surface area contributed by atoms with Gasteiger partial charge in [-0.3, -0.25) is 4.99 Å². The first-order chi connectivity index (χ1) is 9.83. The number of phenols is 1. The molecule has 0 spiro atoms. The molecule has 0 aliphatic carbocycles. The van der Waals surface area contributed by atoms with Gasteiger partial charge in [0.2, 0.25) is 0 Å². The van der Waals surface area contributed by atoms with Crippen LogP contribution in [-0.2, 0) is 0 Å². The average Bonchev–Trinajstić information content (AvgIpc) is 2.38. The van der Waals surface area contributed by atoms with Crippen LogP contribution in [0, 0.1) is 0 Å². The summed E-state index contributed by atoms with van der Waals surface area (Å²) >= 11 is 3.25. The number of benzene rings is 2. The van der Waals surface area contributed by atoms with Crippen LogP contribution in [0.4, 0.5) is 18.9 Å². The molecule has 0 amide bonds. The first-order valence-corrected chi connectivity index (χ1v) is 6.51. The summed E-state index contributed by atoms with van der Waals surface area (Å²) < 4.78 is 40.9. The van der Waals surface area contributed by atoms with Crippen LogP contribution >= 0.6 is 15.9 Å². The molecular weight excluding hydrogens is 351 g/mol. The topological polar surface area (TPSA) is 41.8 Å². The lowest BCUT2D eigenvalue weighted by Gasteiger charge is -2.08. The number of aromatic hydroxyl groups is 1. The van der Waals surface area contributed by atoms with E-state index in [0.717, 1.165) is 10.5 Å². The molecule has 0 aliphatic rings. The summed E-state index contributed by atoms with van der Waals surface area (Å²) in [6.07, 6.45) is -3.39. The Labute approximate surface area is 126 Å². The lowest BCUT2D eigenvalue weighted by atomic mass is 10.2. The fraction of sp³-hybridized carbons (Fsp3) is 0.0714. The second kappa shape index (κ2) is 6.17. The van der Waals surface area contributed by atoms with Crippen molar-refractivity contribution in [1.29, 1.82) is 0 Å². The zero-order valence-electron chi connectivity index (χ0n) is 10.4. The number of nitrogens with zero attached hydrogens (tertiary/aromatic N) is 1. The fourth-order valence-corrected chi connectivity index (χ4v) is 1.91. The van der Waals surface area contributed by atoms with E-state index in [1.807, 2.05) is 0 Å². The Kier molecular flexibility index (Phi) is 4.52. The largest absolute Gasteiger partial charge is 0.573 e. The van der Waals surface area contributed by atoms with Crippen LogP contribution in [0.15, 0.2) is 51.9 Å². The molecule has 0 aromatic heterocycles. The molecule has 2 aromatic rings. The number of rotatable bonds is 3. The normalized spacial score (nSPS) is 11.8. The van der Waals surface area contributed by atoms with Gasteiger partial charge in [-0.25, -0.2) is 0 Å². The summed E-state index contributed by atoms with van der Waals surface area (Å²) in [5.74, 6) is -0.333. The van der Waals surface area contributed by atoms with E-state index in [-0.39, 0.29) is 17.2 Å². The zero-order valence-corrected chi connectivity index (χ0v) is 12.0. The maximum atomic E-state index is 12.1. The number of phenolic OH excluding ortho intramolecular Hbond substituents is 1. The molecular formula is C14H9BrF3NO2. The highest BCUT2D eigenvalue weighted by atomic mass is 79.9.